The lowest BCUT2D eigenvalue weighted by atomic mass is 10.2. The Bertz CT molecular complexity index is 520. The van der Waals surface area contributed by atoms with Gasteiger partial charge >= 0.3 is 0 Å². The van der Waals surface area contributed by atoms with Crippen molar-refractivity contribution in [2.24, 2.45) is 0 Å². The number of pyridine rings is 1. The third kappa shape index (κ3) is 2.68. The lowest BCUT2D eigenvalue weighted by Crippen LogP contribution is -2.11. The first-order valence-electron chi connectivity index (χ1n) is 6.02. The maximum absolute atomic E-state index is 9.45. The van der Waals surface area contributed by atoms with Crippen molar-refractivity contribution in [1.29, 1.82) is 0 Å². The molecule has 3 nitrogen and oxygen atoms in total. The van der Waals surface area contributed by atoms with Gasteiger partial charge in [-0.3, -0.25) is 0 Å². The fourth-order valence-corrected chi connectivity index (χ4v) is 1.81. The van der Waals surface area contributed by atoms with Gasteiger partial charge in [-0.05, 0) is 43.2 Å². The van der Waals surface area contributed by atoms with Crippen molar-refractivity contribution in [3.05, 3.63) is 53.7 Å². The normalized spacial score (nSPS) is 12.2. The number of nitrogens with zero attached hydrogens (tertiary/aromatic N) is 2. The van der Waals surface area contributed by atoms with Gasteiger partial charge in [0.25, 0.3) is 0 Å². The lowest BCUT2D eigenvalue weighted by molar-refractivity contribution is 0.199. The van der Waals surface area contributed by atoms with E-state index < -0.39 is 6.10 Å². The van der Waals surface area contributed by atoms with Crippen LogP contribution in [0.5, 0.6) is 0 Å². The van der Waals surface area contributed by atoms with Gasteiger partial charge in [0.2, 0.25) is 0 Å². The van der Waals surface area contributed by atoms with E-state index in [1.807, 2.05) is 30.1 Å². The second kappa shape index (κ2) is 5.19. The van der Waals surface area contributed by atoms with Gasteiger partial charge in [0.1, 0.15) is 5.82 Å². The SMILES string of the molecule is Cc1cccc(N(C)c2ccc([C@H](C)O)cn2)c1. The van der Waals surface area contributed by atoms with Crippen molar-refractivity contribution in [1.82, 2.24) is 4.98 Å². The summed E-state index contributed by atoms with van der Waals surface area (Å²) >= 11 is 0. The molecule has 1 N–H and O–H groups in total. The average Bonchev–Trinajstić information content (AvgIpc) is 2.38. The molecule has 3 heteroatoms. The van der Waals surface area contributed by atoms with E-state index in [4.69, 9.17) is 0 Å². The van der Waals surface area contributed by atoms with E-state index in [9.17, 15) is 5.11 Å². The molecule has 0 fully saturated rings. The zero-order valence-electron chi connectivity index (χ0n) is 11.0. The molecule has 2 aromatic rings. The minimum Gasteiger partial charge on any atom is -0.389 e. The van der Waals surface area contributed by atoms with Gasteiger partial charge in [0.05, 0.1) is 6.10 Å². The second-order valence-electron chi connectivity index (χ2n) is 4.52. The fourth-order valence-electron chi connectivity index (χ4n) is 1.81. The Balaban J connectivity index is 2.26. The molecule has 18 heavy (non-hydrogen) atoms. The summed E-state index contributed by atoms with van der Waals surface area (Å²) < 4.78 is 0. The molecule has 0 aliphatic rings. The quantitative estimate of drug-likeness (QED) is 0.897. The van der Waals surface area contributed by atoms with Crippen LogP contribution in [-0.2, 0) is 0 Å². The highest BCUT2D eigenvalue weighted by Gasteiger charge is 2.06. The van der Waals surface area contributed by atoms with E-state index in [1.165, 1.54) is 5.56 Å². The number of hydrogen-bond acceptors (Lipinski definition) is 3. The van der Waals surface area contributed by atoms with Crippen LogP contribution in [-0.4, -0.2) is 17.1 Å². The number of benzene rings is 1. The summed E-state index contributed by atoms with van der Waals surface area (Å²) in [7, 11) is 1.99. The zero-order valence-corrected chi connectivity index (χ0v) is 11.0. The van der Waals surface area contributed by atoms with Crippen LogP contribution in [0.25, 0.3) is 0 Å². The Morgan fingerprint density at radius 3 is 2.56 bits per heavy atom. The van der Waals surface area contributed by atoms with Crippen LogP contribution in [0.15, 0.2) is 42.6 Å². The molecule has 0 unspecified atom stereocenters. The van der Waals surface area contributed by atoms with E-state index >= 15 is 0 Å². The number of aryl methyl sites for hydroxylation is 1. The first-order valence-corrected chi connectivity index (χ1v) is 6.02. The number of aromatic nitrogens is 1. The van der Waals surface area contributed by atoms with Crippen LogP contribution in [0.3, 0.4) is 0 Å². The summed E-state index contributed by atoms with van der Waals surface area (Å²) in [5.74, 6) is 0.866. The molecule has 94 valence electrons. The van der Waals surface area contributed by atoms with Gasteiger partial charge < -0.3 is 10.0 Å². The number of hydrogen-bond donors (Lipinski definition) is 1. The van der Waals surface area contributed by atoms with E-state index in [0.29, 0.717) is 0 Å². The number of rotatable bonds is 3. The lowest BCUT2D eigenvalue weighted by Gasteiger charge is -2.19. The van der Waals surface area contributed by atoms with Crippen LogP contribution in [0, 0.1) is 6.92 Å². The summed E-state index contributed by atoms with van der Waals surface area (Å²) in [6.45, 7) is 3.81. The highest BCUT2D eigenvalue weighted by Crippen LogP contribution is 2.23. The van der Waals surface area contributed by atoms with Gasteiger partial charge in [0, 0.05) is 18.9 Å². The average molecular weight is 242 g/mol. The molecule has 0 saturated carbocycles. The molecule has 1 heterocycles. The highest BCUT2D eigenvalue weighted by atomic mass is 16.3. The predicted octanol–water partition coefficient (Wildman–Crippen LogP) is 3.21. The molecule has 1 aromatic carbocycles. The second-order valence-corrected chi connectivity index (χ2v) is 4.52. The third-order valence-corrected chi connectivity index (χ3v) is 2.99. The number of aliphatic hydroxyl groups is 1. The molecule has 0 spiro atoms. The molecule has 0 saturated heterocycles. The van der Waals surface area contributed by atoms with E-state index in [0.717, 1.165) is 17.1 Å². The molecular formula is C15H18N2O. The summed E-state index contributed by atoms with van der Waals surface area (Å²) in [5, 5.41) is 9.45. The highest BCUT2D eigenvalue weighted by molar-refractivity contribution is 5.59. The zero-order chi connectivity index (χ0) is 13.1. The molecule has 0 bridgehead atoms. The van der Waals surface area contributed by atoms with E-state index in [-0.39, 0.29) is 0 Å². The Morgan fingerprint density at radius 2 is 2.00 bits per heavy atom. The maximum atomic E-state index is 9.45. The van der Waals surface area contributed by atoms with Gasteiger partial charge in [-0.1, -0.05) is 18.2 Å². The van der Waals surface area contributed by atoms with Crippen LogP contribution >= 0.6 is 0 Å². The smallest absolute Gasteiger partial charge is 0.132 e. The Morgan fingerprint density at radius 1 is 1.22 bits per heavy atom. The molecule has 0 amide bonds. The van der Waals surface area contributed by atoms with Crippen molar-refractivity contribution in [3.8, 4) is 0 Å². The third-order valence-electron chi connectivity index (χ3n) is 2.99. The Labute approximate surface area is 108 Å². The monoisotopic (exact) mass is 242 g/mol. The van der Waals surface area contributed by atoms with Crippen LogP contribution < -0.4 is 4.90 Å². The molecular weight excluding hydrogens is 224 g/mol. The largest absolute Gasteiger partial charge is 0.389 e. The first-order chi connectivity index (χ1) is 8.58. The van der Waals surface area contributed by atoms with Crippen molar-refractivity contribution in [2.45, 2.75) is 20.0 Å². The molecule has 1 atom stereocenters. The topological polar surface area (TPSA) is 36.4 Å². The van der Waals surface area contributed by atoms with Gasteiger partial charge in [0.15, 0.2) is 0 Å². The van der Waals surface area contributed by atoms with Gasteiger partial charge in [-0.2, -0.15) is 0 Å². The van der Waals surface area contributed by atoms with Crippen molar-refractivity contribution in [2.75, 3.05) is 11.9 Å². The van der Waals surface area contributed by atoms with Crippen molar-refractivity contribution >= 4 is 11.5 Å². The van der Waals surface area contributed by atoms with Gasteiger partial charge in [-0.15, -0.1) is 0 Å². The Hall–Kier alpha value is -1.87. The minimum absolute atomic E-state index is 0.476. The van der Waals surface area contributed by atoms with Gasteiger partial charge in [-0.25, -0.2) is 4.98 Å². The van der Waals surface area contributed by atoms with E-state index in [2.05, 4.69) is 30.1 Å². The van der Waals surface area contributed by atoms with Crippen molar-refractivity contribution < 1.29 is 5.11 Å². The molecule has 0 radical (unpaired) electrons. The standard InChI is InChI=1S/C15H18N2O/c1-11-5-4-6-14(9-11)17(3)15-8-7-13(10-16-15)12(2)18/h4-10,12,18H,1-3H3/t12-/m0/s1. The molecule has 2 rings (SSSR count). The number of anilines is 2. The minimum atomic E-state index is -0.476. The maximum Gasteiger partial charge on any atom is 0.132 e. The summed E-state index contributed by atoms with van der Waals surface area (Å²) in [4.78, 5) is 6.40. The summed E-state index contributed by atoms with van der Waals surface area (Å²) in [6.07, 6.45) is 1.24. The predicted molar refractivity (Wildman–Crippen MR) is 74.1 cm³/mol. The first kappa shape index (κ1) is 12.6. The molecule has 0 aliphatic heterocycles. The summed E-state index contributed by atoms with van der Waals surface area (Å²) in [6, 6.07) is 12.1. The van der Waals surface area contributed by atoms with Crippen LogP contribution in [0.1, 0.15) is 24.2 Å². The summed E-state index contributed by atoms with van der Waals surface area (Å²) in [5.41, 5.74) is 3.16. The molecule has 1 aromatic heterocycles. The van der Waals surface area contributed by atoms with Crippen LogP contribution in [0.2, 0.25) is 0 Å². The van der Waals surface area contributed by atoms with E-state index in [1.54, 1.807) is 13.1 Å². The number of aliphatic hydroxyl groups excluding tert-OH is 1. The fraction of sp³-hybridized carbons (Fsp3) is 0.267. The van der Waals surface area contributed by atoms with Crippen LogP contribution in [0.4, 0.5) is 11.5 Å². The molecule has 0 aliphatic carbocycles. The Kier molecular flexibility index (Phi) is 3.63. The van der Waals surface area contributed by atoms with Crippen molar-refractivity contribution in [3.63, 3.8) is 0 Å².